The highest BCUT2D eigenvalue weighted by Gasteiger charge is 2.12. The van der Waals surface area contributed by atoms with E-state index in [-0.39, 0.29) is 11.9 Å². The van der Waals surface area contributed by atoms with Crippen molar-refractivity contribution in [3.05, 3.63) is 58.6 Å². The van der Waals surface area contributed by atoms with Crippen molar-refractivity contribution in [2.45, 2.75) is 26.3 Å². The van der Waals surface area contributed by atoms with Crippen LogP contribution >= 0.6 is 11.6 Å². The maximum atomic E-state index is 12.4. The molecule has 0 aliphatic heterocycles. The first-order valence-corrected chi connectivity index (χ1v) is 12.0. The second kappa shape index (κ2) is 11.1. The van der Waals surface area contributed by atoms with Gasteiger partial charge in [-0.05, 0) is 54.8 Å². The number of halogens is 1. The number of carbonyl (C=O) groups excluding carboxylic acids is 1. The monoisotopic (exact) mass is 466 g/mol. The van der Waals surface area contributed by atoms with Gasteiger partial charge in [-0.15, -0.1) is 0 Å². The van der Waals surface area contributed by atoms with Crippen LogP contribution in [-0.2, 0) is 14.8 Å². The Morgan fingerprint density at radius 1 is 1.26 bits per heavy atom. The maximum absolute atomic E-state index is 12.4. The Morgan fingerprint density at radius 3 is 2.65 bits per heavy atom. The Morgan fingerprint density at radius 2 is 2.00 bits per heavy atom. The predicted molar refractivity (Wildman–Crippen MR) is 124 cm³/mol. The smallest absolute Gasteiger partial charge is 0.244 e. The van der Waals surface area contributed by atoms with Crippen molar-refractivity contribution in [2.75, 3.05) is 24.7 Å². The molecule has 7 nitrogen and oxygen atoms in total. The van der Waals surface area contributed by atoms with E-state index in [9.17, 15) is 13.2 Å². The molecule has 0 saturated carbocycles. The zero-order valence-electron chi connectivity index (χ0n) is 17.9. The van der Waals surface area contributed by atoms with Crippen molar-refractivity contribution in [1.29, 1.82) is 0 Å². The Balaban J connectivity index is 2.08. The molecule has 0 aliphatic rings. The van der Waals surface area contributed by atoms with E-state index in [2.05, 4.69) is 10.0 Å². The third-order valence-electron chi connectivity index (χ3n) is 4.18. The van der Waals surface area contributed by atoms with E-state index in [0.717, 1.165) is 18.2 Å². The molecule has 0 fully saturated rings. The largest absolute Gasteiger partial charge is 0.493 e. The summed E-state index contributed by atoms with van der Waals surface area (Å²) in [5, 5.41) is 3.25. The first-order valence-electron chi connectivity index (χ1n) is 9.69. The highest BCUT2D eigenvalue weighted by molar-refractivity contribution is 7.92. The molecule has 0 radical (unpaired) electrons. The van der Waals surface area contributed by atoms with Gasteiger partial charge < -0.3 is 14.8 Å². The maximum Gasteiger partial charge on any atom is 0.244 e. The zero-order chi connectivity index (χ0) is 23.0. The van der Waals surface area contributed by atoms with Gasteiger partial charge in [-0.2, -0.15) is 0 Å². The highest BCUT2D eigenvalue weighted by Crippen LogP contribution is 2.36. The second-order valence-corrected chi connectivity index (χ2v) is 9.10. The molecule has 2 rings (SSSR count). The molecule has 2 N–H and O–H groups in total. The van der Waals surface area contributed by atoms with Crippen molar-refractivity contribution >= 4 is 39.3 Å². The summed E-state index contributed by atoms with van der Waals surface area (Å²) in [5.74, 6) is 0.656. The van der Waals surface area contributed by atoms with E-state index in [1.54, 1.807) is 36.4 Å². The van der Waals surface area contributed by atoms with Crippen molar-refractivity contribution in [3.63, 3.8) is 0 Å². The van der Waals surface area contributed by atoms with Crippen LogP contribution in [0.1, 0.15) is 37.4 Å². The van der Waals surface area contributed by atoms with Crippen LogP contribution < -0.4 is 19.5 Å². The van der Waals surface area contributed by atoms with Gasteiger partial charge in [-0.25, -0.2) is 8.42 Å². The standard InChI is InChI=1S/C22H27ClN2O5S/c1-5-11-30-22-19(23)12-16(13-20(22)29-3)9-10-21(26)24-15(2)17-7-6-8-18(14-17)25-31(4,27)28/h6-10,12-15,25H,5,11H2,1-4H3,(H,24,26). The first kappa shape index (κ1) is 24.6. The number of hydrogen-bond donors (Lipinski definition) is 2. The summed E-state index contributed by atoms with van der Waals surface area (Å²) in [5.41, 5.74) is 1.88. The van der Waals surface area contributed by atoms with Crippen LogP contribution in [0, 0.1) is 0 Å². The van der Waals surface area contributed by atoms with E-state index in [4.69, 9.17) is 21.1 Å². The highest BCUT2D eigenvalue weighted by atomic mass is 35.5. The number of sulfonamides is 1. The number of rotatable bonds is 10. The van der Waals surface area contributed by atoms with Crippen molar-refractivity contribution < 1.29 is 22.7 Å². The number of benzene rings is 2. The SMILES string of the molecule is CCCOc1c(Cl)cc(C=CC(=O)NC(C)c2cccc(NS(C)(=O)=O)c2)cc1OC. The van der Waals surface area contributed by atoms with Crippen LogP contribution in [0.5, 0.6) is 11.5 Å². The molecule has 1 amide bonds. The fourth-order valence-corrected chi connectivity index (χ4v) is 3.61. The topological polar surface area (TPSA) is 93.7 Å². The third kappa shape index (κ3) is 7.80. The average Bonchev–Trinajstić information content (AvgIpc) is 2.70. The van der Waals surface area contributed by atoms with E-state index in [1.807, 2.05) is 19.9 Å². The fourth-order valence-electron chi connectivity index (χ4n) is 2.78. The van der Waals surface area contributed by atoms with Crippen LogP contribution in [0.3, 0.4) is 0 Å². The molecule has 1 atom stereocenters. The fraction of sp³-hybridized carbons (Fsp3) is 0.318. The van der Waals surface area contributed by atoms with Crippen molar-refractivity contribution in [3.8, 4) is 11.5 Å². The Labute approximate surface area is 188 Å². The molecule has 2 aromatic rings. The summed E-state index contributed by atoms with van der Waals surface area (Å²) >= 11 is 6.30. The van der Waals surface area contributed by atoms with Gasteiger partial charge in [0, 0.05) is 11.8 Å². The lowest BCUT2D eigenvalue weighted by Crippen LogP contribution is -2.24. The molecule has 168 valence electrons. The minimum absolute atomic E-state index is 0.310. The molecule has 0 aliphatic carbocycles. The van der Waals surface area contributed by atoms with E-state index in [0.29, 0.717) is 34.4 Å². The molecule has 9 heteroatoms. The number of amides is 1. The molecule has 0 heterocycles. The summed E-state index contributed by atoms with van der Waals surface area (Å²) in [4.78, 5) is 12.4. The number of hydrogen-bond acceptors (Lipinski definition) is 5. The van der Waals surface area contributed by atoms with Gasteiger partial charge in [-0.3, -0.25) is 9.52 Å². The number of carbonyl (C=O) groups is 1. The van der Waals surface area contributed by atoms with E-state index in [1.165, 1.54) is 13.2 Å². The summed E-state index contributed by atoms with van der Waals surface area (Å²) in [6, 6.07) is 9.95. The Bertz CT molecular complexity index is 1050. The van der Waals surface area contributed by atoms with Crippen molar-refractivity contribution in [1.82, 2.24) is 5.32 Å². The van der Waals surface area contributed by atoms with Crippen LogP contribution in [-0.4, -0.2) is 34.3 Å². The van der Waals surface area contributed by atoms with Crippen LogP contribution in [0.4, 0.5) is 5.69 Å². The molecular formula is C22H27ClN2O5S. The molecule has 1 unspecified atom stereocenters. The number of ether oxygens (including phenoxy) is 2. The third-order valence-corrected chi connectivity index (χ3v) is 5.07. The van der Waals surface area contributed by atoms with Gasteiger partial charge in [-0.1, -0.05) is 30.7 Å². The van der Waals surface area contributed by atoms with Gasteiger partial charge >= 0.3 is 0 Å². The van der Waals surface area contributed by atoms with Crippen LogP contribution in [0.15, 0.2) is 42.5 Å². The number of methoxy groups -OCH3 is 1. The molecule has 2 aromatic carbocycles. The van der Waals surface area contributed by atoms with Crippen LogP contribution in [0.25, 0.3) is 6.08 Å². The van der Waals surface area contributed by atoms with E-state index < -0.39 is 10.0 Å². The minimum Gasteiger partial charge on any atom is -0.493 e. The van der Waals surface area contributed by atoms with Gasteiger partial charge in [0.2, 0.25) is 15.9 Å². The van der Waals surface area contributed by atoms with E-state index >= 15 is 0 Å². The predicted octanol–water partition coefficient (Wildman–Crippen LogP) is 4.40. The normalized spacial score (nSPS) is 12.4. The lowest BCUT2D eigenvalue weighted by Gasteiger charge is -2.15. The quantitative estimate of drug-likeness (QED) is 0.506. The number of nitrogens with one attached hydrogen (secondary N) is 2. The van der Waals surface area contributed by atoms with Crippen molar-refractivity contribution in [2.24, 2.45) is 0 Å². The summed E-state index contributed by atoms with van der Waals surface area (Å²) in [6.07, 6.45) is 4.95. The Hall–Kier alpha value is -2.71. The van der Waals surface area contributed by atoms with Gasteiger partial charge in [0.15, 0.2) is 11.5 Å². The number of anilines is 1. The zero-order valence-corrected chi connectivity index (χ0v) is 19.5. The summed E-state index contributed by atoms with van der Waals surface area (Å²) in [6.45, 7) is 4.33. The molecule has 0 saturated heterocycles. The summed E-state index contributed by atoms with van der Waals surface area (Å²) < 4.78 is 36.2. The second-order valence-electron chi connectivity index (χ2n) is 6.95. The Kier molecular flexibility index (Phi) is 8.76. The van der Waals surface area contributed by atoms with Gasteiger partial charge in [0.1, 0.15) is 0 Å². The minimum atomic E-state index is -3.38. The van der Waals surface area contributed by atoms with Gasteiger partial charge in [0.05, 0.1) is 31.0 Å². The lowest BCUT2D eigenvalue weighted by molar-refractivity contribution is -0.117. The molecule has 0 bridgehead atoms. The molecule has 0 spiro atoms. The van der Waals surface area contributed by atoms with Crippen LogP contribution in [0.2, 0.25) is 5.02 Å². The van der Waals surface area contributed by atoms with Gasteiger partial charge in [0.25, 0.3) is 0 Å². The average molecular weight is 467 g/mol. The lowest BCUT2D eigenvalue weighted by atomic mass is 10.1. The molecule has 31 heavy (non-hydrogen) atoms. The molecular weight excluding hydrogens is 440 g/mol. The first-order chi connectivity index (χ1) is 14.6. The molecule has 0 aromatic heterocycles. The summed E-state index contributed by atoms with van der Waals surface area (Å²) in [7, 11) is -1.85.